The van der Waals surface area contributed by atoms with Gasteiger partial charge in [0.25, 0.3) is 0 Å². The minimum absolute atomic E-state index is 0.0442. The van der Waals surface area contributed by atoms with E-state index in [1.165, 1.54) is 0 Å². The smallest absolute Gasteiger partial charge is 0.155 e. The number of aromatic nitrogens is 2. The van der Waals surface area contributed by atoms with E-state index in [1.54, 1.807) is 6.07 Å². The van der Waals surface area contributed by atoms with Crippen LogP contribution in [-0.2, 0) is 6.42 Å². The van der Waals surface area contributed by atoms with Crippen LogP contribution in [0.25, 0.3) is 0 Å². The zero-order valence-corrected chi connectivity index (χ0v) is 8.10. The molecule has 0 aliphatic heterocycles. The quantitative estimate of drug-likeness (QED) is 0.800. The Hall–Kier alpha value is -0.380. The third kappa shape index (κ3) is 2.59. The van der Waals surface area contributed by atoms with Crippen molar-refractivity contribution >= 4 is 23.2 Å². The molecule has 0 amide bonds. The molecule has 1 heterocycles. The average molecular weight is 206 g/mol. The van der Waals surface area contributed by atoms with Gasteiger partial charge in [-0.1, -0.05) is 23.2 Å². The van der Waals surface area contributed by atoms with Crippen molar-refractivity contribution in [2.45, 2.75) is 19.4 Å². The summed E-state index contributed by atoms with van der Waals surface area (Å²) in [6.45, 7) is 1.89. The normalized spacial score (nSPS) is 13.0. The fourth-order valence-electron chi connectivity index (χ4n) is 0.878. The van der Waals surface area contributed by atoms with E-state index in [4.69, 9.17) is 28.9 Å². The topological polar surface area (TPSA) is 51.8 Å². The Bertz CT molecular complexity index is 275. The van der Waals surface area contributed by atoms with Crippen LogP contribution < -0.4 is 5.73 Å². The molecule has 0 saturated carbocycles. The summed E-state index contributed by atoms with van der Waals surface area (Å²) in [6, 6.07) is 1.73. The monoisotopic (exact) mass is 205 g/mol. The van der Waals surface area contributed by atoms with Gasteiger partial charge in [0.2, 0.25) is 0 Å². The highest BCUT2D eigenvalue weighted by Crippen LogP contribution is 2.16. The van der Waals surface area contributed by atoms with Gasteiger partial charge in [-0.2, -0.15) is 0 Å². The first-order chi connectivity index (χ1) is 5.59. The molecule has 1 aromatic heterocycles. The second-order valence-electron chi connectivity index (χ2n) is 2.66. The number of hydrogen-bond acceptors (Lipinski definition) is 3. The molecular formula is C7H9Cl2N3. The van der Waals surface area contributed by atoms with Crippen molar-refractivity contribution in [2.75, 3.05) is 0 Å². The summed E-state index contributed by atoms with van der Waals surface area (Å²) >= 11 is 11.4. The Morgan fingerprint density at radius 3 is 2.75 bits per heavy atom. The van der Waals surface area contributed by atoms with Crippen molar-refractivity contribution < 1.29 is 0 Å². The van der Waals surface area contributed by atoms with Gasteiger partial charge in [0.15, 0.2) is 10.3 Å². The molecule has 66 valence electrons. The van der Waals surface area contributed by atoms with E-state index < -0.39 is 0 Å². The summed E-state index contributed by atoms with van der Waals surface area (Å²) in [5.41, 5.74) is 6.43. The molecule has 0 radical (unpaired) electrons. The van der Waals surface area contributed by atoms with Crippen LogP contribution in [0.2, 0.25) is 10.3 Å². The molecule has 0 unspecified atom stereocenters. The Kier molecular flexibility index (Phi) is 3.26. The lowest BCUT2D eigenvalue weighted by molar-refractivity contribution is 0.732. The maximum Gasteiger partial charge on any atom is 0.155 e. The lowest BCUT2D eigenvalue weighted by Crippen LogP contribution is -2.18. The fourth-order valence-corrected chi connectivity index (χ4v) is 1.22. The van der Waals surface area contributed by atoms with Crippen LogP contribution >= 0.6 is 23.2 Å². The molecule has 3 nitrogen and oxygen atoms in total. The lowest BCUT2D eigenvalue weighted by atomic mass is 10.1. The lowest BCUT2D eigenvalue weighted by Gasteiger charge is -2.05. The minimum Gasteiger partial charge on any atom is -0.328 e. The van der Waals surface area contributed by atoms with Crippen molar-refractivity contribution in [3.05, 3.63) is 21.9 Å². The van der Waals surface area contributed by atoms with Crippen molar-refractivity contribution in [3.63, 3.8) is 0 Å². The molecule has 0 aromatic carbocycles. The second-order valence-corrected chi connectivity index (χ2v) is 3.41. The standard InChI is InChI=1S/C7H9Cl2N3/c1-4(10)2-5-3-6(8)11-12-7(5)9/h3-4H,2,10H2,1H3/t4-/m0/s1. The molecule has 1 aromatic rings. The van der Waals surface area contributed by atoms with E-state index in [1.807, 2.05) is 6.92 Å². The molecule has 0 saturated heterocycles. The predicted octanol–water partition coefficient (Wildman–Crippen LogP) is 1.67. The number of hydrogen-bond donors (Lipinski definition) is 1. The predicted molar refractivity (Wildman–Crippen MR) is 49.4 cm³/mol. The number of nitrogens with two attached hydrogens (primary N) is 1. The van der Waals surface area contributed by atoms with Crippen LogP contribution in [-0.4, -0.2) is 16.2 Å². The second kappa shape index (κ2) is 4.03. The van der Waals surface area contributed by atoms with Gasteiger partial charge in [-0.05, 0) is 25.0 Å². The number of halogens is 2. The van der Waals surface area contributed by atoms with Gasteiger partial charge in [0, 0.05) is 6.04 Å². The summed E-state index contributed by atoms with van der Waals surface area (Å²) in [7, 11) is 0. The number of rotatable bonds is 2. The third-order valence-corrected chi connectivity index (χ3v) is 1.84. The van der Waals surface area contributed by atoms with Gasteiger partial charge >= 0.3 is 0 Å². The van der Waals surface area contributed by atoms with E-state index in [9.17, 15) is 0 Å². The maximum atomic E-state index is 5.75. The highest BCUT2D eigenvalue weighted by Gasteiger charge is 2.05. The molecule has 2 N–H and O–H groups in total. The molecule has 0 aliphatic carbocycles. The molecule has 0 aliphatic rings. The zero-order chi connectivity index (χ0) is 9.14. The van der Waals surface area contributed by atoms with E-state index in [-0.39, 0.29) is 6.04 Å². The van der Waals surface area contributed by atoms with Crippen molar-refractivity contribution in [3.8, 4) is 0 Å². The summed E-state index contributed by atoms with van der Waals surface area (Å²) in [5.74, 6) is 0. The van der Waals surface area contributed by atoms with Crippen LogP contribution in [0.3, 0.4) is 0 Å². The van der Waals surface area contributed by atoms with Crippen LogP contribution in [0.5, 0.6) is 0 Å². The first-order valence-corrected chi connectivity index (χ1v) is 4.28. The summed E-state index contributed by atoms with van der Waals surface area (Å²) < 4.78 is 0. The van der Waals surface area contributed by atoms with Gasteiger partial charge in [0.1, 0.15) is 0 Å². The Labute approximate surface area is 80.9 Å². The van der Waals surface area contributed by atoms with Crippen molar-refractivity contribution in [1.29, 1.82) is 0 Å². The molecule has 1 atom stereocenters. The highest BCUT2D eigenvalue weighted by atomic mass is 35.5. The molecule has 5 heteroatoms. The first-order valence-electron chi connectivity index (χ1n) is 3.53. The number of nitrogens with zero attached hydrogens (tertiary/aromatic N) is 2. The van der Waals surface area contributed by atoms with Gasteiger partial charge in [-0.3, -0.25) is 0 Å². The van der Waals surface area contributed by atoms with Gasteiger partial charge in [-0.25, -0.2) is 0 Å². The molecule has 1 rings (SSSR count). The largest absolute Gasteiger partial charge is 0.328 e. The van der Waals surface area contributed by atoms with Crippen molar-refractivity contribution in [2.24, 2.45) is 5.73 Å². The van der Waals surface area contributed by atoms with Crippen LogP contribution in [0.15, 0.2) is 6.07 Å². The highest BCUT2D eigenvalue weighted by molar-refractivity contribution is 6.31. The molecule has 0 fully saturated rings. The fraction of sp³-hybridized carbons (Fsp3) is 0.429. The Morgan fingerprint density at radius 2 is 2.17 bits per heavy atom. The zero-order valence-electron chi connectivity index (χ0n) is 6.59. The minimum atomic E-state index is 0.0442. The van der Waals surface area contributed by atoms with Crippen LogP contribution in [0.4, 0.5) is 0 Å². The summed E-state index contributed by atoms with van der Waals surface area (Å²) in [6.07, 6.45) is 0.661. The van der Waals surface area contributed by atoms with Crippen LogP contribution in [0.1, 0.15) is 12.5 Å². The molecule has 12 heavy (non-hydrogen) atoms. The van der Waals surface area contributed by atoms with Gasteiger partial charge in [-0.15, -0.1) is 10.2 Å². The molecule has 0 bridgehead atoms. The molecule has 0 spiro atoms. The Balaban J connectivity index is 2.90. The summed E-state index contributed by atoms with van der Waals surface area (Å²) in [4.78, 5) is 0. The molecular weight excluding hydrogens is 197 g/mol. The van der Waals surface area contributed by atoms with E-state index in [2.05, 4.69) is 10.2 Å². The third-order valence-electron chi connectivity index (χ3n) is 1.33. The summed E-state index contributed by atoms with van der Waals surface area (Å²) in [5, 5.41) is 7.96. The van der Waals surface area contributed by atoms with E-state index >= 15 is 0 Å². The van der Waals surface area contributed by atoms with Gasteiger partial charge < -0.3 is 5.73 Å². The van der Waals surface area contributed by atoms with E-state index in [0.29, 0.717) is 16.7 Å². The van der Waals surface area contributed by atoms with Crippen molar-refractivity contribution in [1.82, 2.24) is 10.2 Å². The van der Waals surface area contributed by atoms with Crippen LogP contribution in [0, 0.1) is 0 Å². The van der Waals surface area contributed by atoms with E-state index in [0.717, 1.165) is 5.56 Å². The first kappa shape index (κ1) is 9.71. The van der Waals surface area contributed by atoms with Gasteiger partial charge in [0.05, 0.1) is 0 Å². The average Bonchev–Trinajstić information content (AvgIpc) is 1.96. The maximum absolute atomic E-state index is 5.75. The Morgan fingerprint density at radius 1 is 1.50 bits per heavy atom. The SMILES string of the molecule is C[C@H](N)Cc1cc(Cl)nnc1Cl.